The van der Waals surface area contributed by atoms with E-state index < -0.39 is 11.9 Å². The van der Waals surface area contributed by atoms with Crippen LogP contribution in [0.2, 0.25) is 5.02 Å². The molecule has 2 aromatic carbocycles. The number of carbonyl (C=O) groups excluding carboxylic acids is 1. The van der Waals surface area contributed by atoms with Crippen molar-refractivity contribution >= 4 is 28.4 Å². The Bertz CT molecular complexity index is 1490. The number of benzene rings is 2. The minimum Gasteiger partial charge on any atom is -0.487 e. The number of hydrogen-bond acceptors (Lipinski definition) is 6. The lowest BCUT2D eigenvalue weighted by Gasteiger charge is -2.20. The fourth-order valence-corrected chi connectivity index (χ4v) is 4.74. The lowest BCUT2D eigenvalue weighted by Crippen LogP contribution is -2.31. The summed E-state index contributed by atoms with van der Waals surface area (Å²) in [5, 5.41) is 8.15. The summed E-state index contributed by atoms with van der Waals surface area (Å²) in [7, 11) is 1.83. The highest BCUT2D eigenvalue weighted by molar-refractivity contribution is 6.31. The van der Waals surface area contributed by atoms with Crippen molar-refractivity contribution in [2.75, 3.05) is 13.2 Å². The highest BCUT2D eigenvalue weighted by atomic mass is 35.5. The monoisotopic (exact) mass is 537 g/mol. The number of fused-ring (bicyclic) bond motifs is 1. The second kappa shape index (κ2) is 11.0. The zero-order valence-electron chi connectivity index (χ0n) is 21.5. The molecule has 1 aliphatic carbocycles. The molecule has 1 aliphatic rings. The van der Waals surface area contributed by atoms with Gasteiger partial charge in [0.2, 0.25) is 5.91 Å². The molecule has 0 radical (unpaired) electrons. The van der Waals surface area contributed by atoms with E-state index >= 15 is 0 Å². The topological polar surface area (TPSA) is 91.2 Å². The SMILES string of the molecule is Cc1cc(-c2ncnn2C)c2cccc(OCc3c(Cl)cc(F)cc3[C@H](C)NC(=O)COCC3CC3)c2n1. The summed E-state index contributed by atoms with van der Waals surface area (Å²) in [6.07, 6.45) is 3.81. The molecular weight excluding hydrogens is 509 g/mol. The number of aryl methyl sites for hydroxylation is 2. The lowest BCUT2D eigenvalue weighted by atomic mass is 10.0. The summed E-state index contributed by atoms with van der Waals surface area (Å²) in [6.45, 7) is 4.29. The molecule has 0 aliphatic heterocycles. The molecule has 1 amide bonds. The third-order valence-corrected chi connectivity index (χ3v) is 6.91. The normalized spacial score (nSPS) is 14.0. The second-order valence-electron chi connectivity index (χ2n) is 9.66. The van der Waals surface area contributed by atoms with Crippen molar-refractivity contribution in [3.63, 3.8) is 0 Å². The van der Waals surface area contributed by atoms with Crippen LogP contribution in [0.4, 0.5) is 4.39 Å². The summed E-state index contributed by atoms with van der Waals surface area (Å²) < 4.78 is 27.8. The van der Waals surface area contributed by atoms with Crippen LogP contribution in [0.1, 0.15) is 42.6 Å². The number of ether oxygens (including phenoxy) is 2. The number of para-hydroxylation sites is 1. The van der Waals surface area contributed by atoms with Crippen molar-refractivity contribution in [2.24, 2.45) is 13.0 Å². The highest BCUT2D eigenvalue weighted by Crippen LogP contribution is 2.34. The van der Waals surface area contributed by atoms with Crippen molar-refractivity contribution in [3.05, 3.63) is 70.4 Å². The van der Waals surface area contributed by atoms with E-state index in [0.717, 1.165) is 29.5 Å². The van der Waals surface area contributed by atoms with Gasteiger partial charge in [0.15, 0.2) is 5.82 Å². The van der Waals surface area contributed by atoms with E-state index in [9.17, 15) is 9.18 Å². The number of nitrogens with one attached hydrogen (secondary N) is 1. The summed E-state index contributed by atoms with van der Waals surface area (Å²) in [5.74, 6) is 1.07. The van der Waals surface area contributed by atoms with Gasteiger partial charge in [0.1, 0.15) is 36.6 Å². The van der Waals surface area contributed by atoms with Crippen molar-refractivity contribution in [3.8, 4) is 17.1 Å². The Balaban J connectivity index is 1.39. The molecular formula is C28H29ClFN5O3. The van der Waals surface area contributed by atoms with Gasteiger partial charge in [0, 0.05) is 29.3 Å². The first-order valence-corrected chi connectivity index (χ1v) is 12.9. The first-order chi connectivity index (χ1) is 18.3. The summed E-state index contributed by atoms with van der Waals surface area (Å²) in [6, 6.07) is 9.74. The number of carbonyl (C=O) groups is 1. The molecule has 0 saturated heterocycles. The second-order valence-corrected chi connectivity index (χ2v) is 10.1. The van der Waals surface area contributed by atoms with Gasteiger partial charge in [-0.3, -0.25) is 4.79 Å². The van der Waals surface area contributed by atoms with E-state index in [4.69, 9.17) is 26.1 Å². The van der Waals surface area contributed by atoms with E-state index in [1.54, 1.807) is 11.6 Å². The quantitative estimate of drug-likeness (QED) is 0.295. The molecule has 2 heterocycles. The van der Waals surface area contributed by atoms with Crippen LogP contribution in [-0.4, -0.2) is 38.9 Å². The van der Waals surface area contributed by atoms with E-state index in [2.05, 4.69) is 15.4 Å². The molecule has 8 nitrogen and oxygen atoms in total. The fraction of sp³-hybridized carbons (Fsp3) is 0.357. The molecule has 38 heavy (non-hydrogen) atoms. The lowest BCUT2D eigenvalue weighted by molar-refractivity contribution is -0.126. The summed E-state index contributed by atoms with van der Waals surface area (Å²) in [5.41, 5.74) is 3.47. The smallest absolute Gasteiger partial charge is 0.246 e. The molecule has 1 N–H and O–H groups in total. The maximum Gasteiger partial charge on any atom is 0.246 e. The van der Waals surface area contributed by atoms with Crippen molar-refractivity contribution in [1.29, 1.82) is 0 Å². The minimum absolute atomic E-state index is 0.0371. The number of hydrogen-bond donors (Lipinski definition) is 1. The van der Waals surface area contributed by atoms with Crippen LogP contribution < -0.4 is 10.1 Å². The van der Waals surface area contributed by atoms with Crippen LogP contribution >= 0.6 is 11.6 Å². The zero-order valence-corrected chi connectivity index (χ0v) is 22.3. The molecule has 0 unspecified atom stereocenters. The highest BCUT2D eigenvalue weighted by Gasteiger charge is 2.23. The Kier molecular flexibility index (Phi) is 7.58. The molecule has 5 rings (SSSR count). The molecule has 0 bridgehead atoms. The van der Waals surface area contributed by atoms with Gasteiger partial charge in [-0.2, -0.15) is 5.10 Å². The molecule has 2 aromatic heterocycles. The van der Waals surface area contributed by atoms with Gasteiger partial charge in [-0.05, 0) is 62.4 Å². The first kappa shape index (κ1) is 26.1. The standard InChI is InChI=1S/C28H29ClFN5O3/c1-16-9-22(28-31-15-32-35(28)3)20-5-4-6-25(27(20)33-16)38-13-23-21(10-19(30)11-24(23)29)17(2)34-26(36)14-37-12-18-7-8-18/h4-6,9-11,15,17-18H,7-8,12-14H2,1-3H3,(H,34,36)/t17-/m0/s1. The first-order valence-electron chi connectivity index (χ1n) is 12.5. The molecule has 10 heteroatoms. The summed E-state index contributed by atoms with van der Waals surface area (Å²) >= 11 is 6.47. The number of aromatic nitrogens is 4. The van der Waals surface area contributed by atoms with Crippen LogP contribution in [0.25, 0.3) is 22.3 Å². The molecule has 1 fully saturated rings. The average molecular weight is 538 g/mol. The Labute approximate surface area is 225 Å². The number of halogens is 2. The van der Waals surface area contributed by atoms with Crippen molar-refractivity contribution < 1.29 is 18.7 Å². The number of pyridine rings is 1. The molecule has 0 spiro atoms. The molecule has 4 aromatic rings. The maximum absolute atomic E-state index is 14.3. The zero-order chi connectivity index (χ0) is 26.8. The Morgan fingerprint density at radius 3 is 2.84 bits per heavy atom. The van der Waals surface area contributed by atoms with Crippen molar-refractivity contribution in [2.45, 2.75) is 39.3 Å². The third-order valence-electron chi connectivity index (χ3n) is 6.58. The summed E-state index contributed by atoms with van der Waals surface area (Å²) in [4.78, 5) is 21.5. The van der Waals surface area contributed by atoms with Gasteiger partial charge in [-0.25, -0.2) is 19.0 Å². The molecule has 1 saturated carbocycles. The van der Waals surface area contributed by atoms with Crippen LogP contribution in [0.15, 0.2) is 42.7 Å². The van der Waals surface area contributed by atoms with E-state index in [0.29, 0.717) is 40.7 Å². The third kappa shape index (κ3) is 5.79. The predicted molar refractivity (Wildman–Crippen MR) is 142 cm³/mol. The van der Waals surface area contributed by atoms with Crippen LogP contribution in [-0.2, 0) is 23.2 Å². The average Bonchev–Trinajstić information content (AvgIpc) is 3.60. The van der Waals surface area contributed by atoms with Crippen LogP contribution in [0.3, 0.4) is 0 Å². The van der Waals surface area contributed by atoms with Gasteiger partial charge < -0.3 is 14.8 Å². The number of nitrogens with zero attached hydrogens (tertiary/aromatic N) is 4. The minimum atomic E-state index is -0.505. The molecule has 198 valence electrons. The molecule has 1 atom stereocenters. The van der Waals surface area contributed by atoms with Gasteiger partial charge in [-0.1, -0.05) is 23.7 Å². The van der Waals surface area contributed by atoms with E-state index in [1.165, 1.54) is 18.5 Å². The van der Waals surface area contributed by atoms with Gasteiger partial charge in [-0.15, -0.1) is 0 Å². The van der Waals surface area contributed by atoms with Crippen LogP contribution in [0, 0.1) is 18.7 Å². The number of rotatable bonds is 10. The Morgan fingerprint density at radius 1 is 1.29 bits per heavy atom. The van der Waals surface area contributed by atoms with E-state index in [-0.39, 0.29) is 24.1 Å². The van der Waals surface area contributed by atoms with E-state index in [1.807, 2.05) is 38.2 Å². The Morgan fingerprint density at radius 2 is 2.11 bits per heavy atom. The maximum atomic E-state index is 14.3. The largest absolute Gasteiger partial charge is 0.487 e. The fourth-order valence-electron chi connectivity index (χ4n) is 4.47. The van der Waals surface area contributed by atoms with Gasteiger partial charge in [0.05, 0.1) is 17.7 Å². The van der Waals surface area contributed by atoms with Crippen LogP contribution in [0.5, 0.6) is 5.75 Å². The van der Waals surface area contributed by atoms with Crippen molar-refractivity contribution in [1.82, 2.24) is 25.1 Å². The van der Waals surface area contributed by atoms with Gasteiger partial charge in [0.25, 0.3) is 0 Å². The van der Waals surface area contributed by atoms with Gasteiger partial charge >= 0.3 is 0 Å². The number of amides is 1. The predicted octanol–water partition coefficient (Wildman–Crippen LogP) is 5.31. The Hall–Kier alpha value is -3.56.